The average molecular weight is 258 g/mol. The Morgan fingerprint density at radius 3 is 1.22 bits per heavy atom. The summed E-state index contributed by atoms with van der Waals surface area (Å²) in [7, 11) is 0. The lowest BCUT2D eigenvalue weighted by atomic mass is 9.85. The predicted molar refractivity (Wildman–Crippen MR) is 78.6 cm³/mol. The van der Waals surface area contributed by atoms with Crippen LogP contribution in [0.25, 0.3) is 0 Å². The minimum Gasteiger partial charge on any atom is -0.393 e. The first kappa shape index (κ1) is 17.9. The normalized spacial score (nSPS) is 18.3. The number of rotatable bonds is 11. The lowest BCUT2D eigenvalue weighted by Gasteiger charge is -2.25. The van der Waals surface area contributed by atoms with Crippen LogP contribution < -0.4 is 0 Å². The summed E-state index contributed by atoms with van der Waals surface area (Å²) in [6.45, 7) is 8.20. The van der Waals surface area contributed by atoms with Gasteiger partial charge in [-0.05, 0) is 51.4 Å². The zero-order valence-corrected chi connectivity index (χ0v) is 12.9. The summed E-state index contributed by atoms with van der Waals surface area (Å²) in [5, 5.41) is 19.6. The van der Waals surface area contributed by atoms with Crippen LogP contribution in [0.1, 0.15) is 79.1 Å². The minimum absolute atomic E-state index is 0.211. The molecule has 0 saturated heterocycles. The third-order valence-corrected chi connectivity index (χ3v) is 4.13. The van der Waals surface area contributed by atoms with Gasteiger partial charge in [-0.15, -0.1) is 0 Å². The monoisotopic (exact) mass is 258 g/mol. The third kappa shape index (κ3) is 8.10. The minimum atomic E-state index is -0.211. The molecule has 0 aromatic rings. The lowest BCUT2D eigenvalue weighted by Crippen LogP contribution is -2.22. The van der Waals surface area contributed by atoms with Gasteiger partial charge in [-0.25, -0.2) is 0 Å². The van der Waals surface area contributed by atoms with E-state index in [0.29, 0.717) is 11.8 Å². The molecule has 4 unspecified atom stereocenters. The summed E-state index contributed by atoms with van der Waals surface area (Å²) < 4.78 is 0. The largest absolute Gasteiger partial charge is 0.393 e. The van der Waals surface area contributed by atoms with Gasteiger partial charge in [-0.3, -0.25) is 0 Å². The molecule has 2 N–H and O–H groups in total. The van der Waals surface area contributed by atoms with Crippen molar-refractivity contribution in [2.75, 3.05) is 0 Å². The van der Waals surface area contributed by atoms with Gasteiger partial charge in [0.15, 0.2) is 0 Å². The van der Waals surface area contributed by atoms with Crippen LogP contribution in [-0.2, 0) is 0 Å². The summed E-state index contributed by atoms with van der Waals surface area (Å²) in [6.07, 6.45) is 8.71. The SMILES string of the molecule is CCCCC(CCC(CCCC)C(C)O)C(C)O. The number of unbranched alkanes of at least 4 members (excludes halogenated alkanes) is 2. The van der Waals surface area contributed by atoms with E-state index in [0.717, 1.165) is 25.7 Å². The summed E-state index contributed by atoms with van der Waals surface area (Å²) in [6, 6.07) is 0. The molecular formula is C16H34O2. The van der Waals surface area contributed by atoms with Gasteiger partial charge in [0.05, 0.1) is 12.2 Å². The van der Waals surface area contributed by atoms with Gasteiger partial charge in [0.1, 0.15) is 0 Å². The molecule has 0 aliphatic carbocycles. The highest BCUT2D eigenvalue weighted by molar-refractivity contribution is 4.71. The Kier molecular flexibility index (Phi) is 10.8. The molecule has 110 valence electrons. The zero-order valence-electron chi connectivity index (χ0n) is 12.9. The topological polar surface area (TPSA) is 40.5 Å². The molecule has 18 heavy (non-hydrogen) atoms. The first-order valence-corrected chi connectivity index (χ1v) is 7.88. The van der Waals surface area contributed by atoms with Crippen molar-refractivity contribution in [2.45, 2.75) is 91.3 Å². The molecule has 2 nitrogen and oxygen atoms in total. The van der Waals surface area contributed by atoms with E-state index in [2.05, 4.69) is 13.8 Å². The molecule has 0 spiro atoms. The highest BCUT2D eigenvalue weighted by Crippen LogP contribution is 2.25. The first-order valence-electron chi connectivity index (χ1n) is 7.88. The highest BCUT2D eigenvalue weighted by Gasteiger charge is 2.19. The molecule has 0 heterocycles. The van der Waals surface area contributed by atoms with Gasteiger partial charge in [0, 0.05) is 0 Å². The molecular weight excluding hydrogens is 224 g/mol. The quantitative estimate of drug-likeness (QED) is 0.584. The summed E-state index contributed by atoms with van der Waals surface area (Å²) in [5.41, 5.74) is 0. The summed E-state index contributed by atoms with van der Waals surface area (Å²) in [4.78, 5) is 0. The van der Waals surface area contributed by atoms with Crippen LogP contribution in [0.15, 0.2) is 0 Å². The molecule has 0 saturated carbocycles. The molecule has 0 aliphatic heterocycles. The van der Waals surface area contributed by atoms with Gasteiger partial charge in [0.2, 0.25) is 0 Å². The van der Waals surface area contributed by atoms with Crippen LogP contribution in [0.4, 0.5) is 0 Å². The Balaban J connectivity index is 4.10. The van der Waals surface area contributed by atoms with E-state index in [1.165, 1.54) is 25.7 Å². The molecule has 0 fully saturated rings. The van der Waals surface area contributed by atoms with Gasteiger partial charge in [0.25, 0.3) is 0 Å². The van der Waals surface area contributed by atoms with E-state index in [1.54, 1.807) is 0 Å². The fourth-order valence-corrected chi connectivity index (χ4v) is 2.61. The van der Waals surface area contributed by atoms with Gasteiger partial charge in [-0.1, -0.05) is 39.5 Å². The van der Waals surface area contributed by atoms with E-state index in [1.807, 2.05) is 13.8 Å². The second-order valence-electron chi connectivity index (χ2n) is 5.86. The van der Waals surface area contributed by atoms with E-state index in [4.69, 9.17) is 0 Å². The van der Waals surface area contributed by atoms with Gasteiger partial charge < -0.3 is 10.2 Å². The maximum absolute atomic E-state index is 9.80. The maximum Gasteiger partial charge on any atom is 0.0540 e. The summed E-state index contributed by atoms with van der Waals surface area (Å²) in [5.74, 6) is 0.820. The molecule has 0 aliphatic rings. The number of aliphatic hydroxyl groups excluding tert-OH is 2. The average Bonchev–Trinajstić information content (AvgIpc) is 2.31. The van der Waals surface area contributed by atoms with Crippen LogP contribution in [0.5, 0.6) is 0 Å². The Hall–Kier alpha value is -0.0800. The molecule has 4 atom stereocenters. The van der Waals surface area contributed by atoms with E-state index in [9.17, 15) is 10.2 Å². The van der Waals surface area contributed by atoms with Crippen molar-refractivity contribution in [1.82, 2.24) is 0 Å². The lowest BCUT2D eigenvalue weighted by molar-refractivity contribution is 0.0819. The van der Waals surface area contributed by atoms with Crippen molar-refractivity contribution in [3.05, 3.63) is 0 Å². The van der Waals surface area contributed by atoms with Crippen molar-refractivity contribution in [1.29, 1.82) is 0 Å². The highest BCUT2D eigenvalue weighted by atomic mass is 16.3. The molecule has 0 aromatic heterocycles. The van der Waals surface area contributed by atoms with Crippen LogP contribution in [0.2, 0.25) is 0 Å². The molecule has 0 radical (unpaired) electrons. The van der Waals surface area contributed by atoms with Crippen LogP contribution in [0, 0.1) is 11.8 Å². The third-order valence-electron chi connectivity index (χ3n) is 4.13. The Morgan fingerprint density at radius 1 is 0.667 bits per heavy atom. The fourth-order valence-electron chi connectivity index (χ4n) is 2.61. The van der Waals surface area contributed by atoms with Gasteiger partial charge in [-0.2, -0.15) is 0 Å². The van der Waals surface area contributed by atoms with Crippen LogP contribution >= 0.6 is 0 Å². The Bertz CT molecular complexity index is 158. The van der Waals surface area contributed by atoms with E-state index < -0.39 is 0 Å². The fraction of sp³-hybridized carbons (Fsp3) is 1.00. The number of aliphatic hydroxyl groups is 2. The van der Waals surface area contributed by atoms with Crippen molar-refractivity contribution >= 4 is 0 Å². The second kappa shape index (κ2) is 10.8. The molecule has 0 bridgehead atoms. The molecule has 2 heteroatoms. The van der Waals surface area contributed by atoms with Crippen molar-refractivity contribution in [2.24, 2.45) is 11.8 Å². The zero-order chi connectivity index (χ0) is 14.0. The first-order chi connectivity index (χ1) is 8.52. The maximum atomic E-state index is 9.80. The Morgan fingerprint density at radius 2 is 1.00 bits per heavy atom. The van der Waals surface area contributed by atoms with Crippen molar-refractivity contribution in [3.63, 3.8) is 0 Å². The molecule has 0 rings (SSSR count). The Labute approximate surface area is 114 Å². The molecule has 0 aromatic carbocycles. The van der Waals surface area contributed by atoms with Crippen LogP contribution in [0.3, 0.4) is 0 Å². The van der Waals surface area contributed by atoms with Gasteiger partial charge >= 0.3 is 0 Å². The van der Waals surface area contributed by atoms with Crippen molar-refractivity contribution in [3.8, 4) is 0 Å². The second-order valence-corrected chi connectivity index (χ2v) is 5.86. The van der Waals surface area contributed by atoms with E-state index >= 15 is 0 Å². The number of hydrogen-bond donors (Lipinski definition) is 2. The van der Waals surface area contributed by atoms with Crippen molar-refractivity contribution < 1.29 is 10.2 Å². The number of hydrogen-bond acceptors (Lipinski definition) is 2. The smallest absolute Gasteiger partial charge is 0.0540 e. The van der Waals surface area contributed by atoms with Crippen LogP contribution in [-0.4, -0.2) is 22.4 Å². The summed E-state index contributed by atoms with van der Waals surface area (Å²) >= 11 is 0. The van der Waals surface area contributed by atoms with E-state index in [-0.39, 0.29) is 12.2 Å². The standard InChI is InChI=1S/C16H34O2/c1-5-7-9-15(13(3)17)11-12-16(14(4)18)10-8-6-2/h13-18H,5-12H2,1-4H3. The predicted octanol–water partition coefficient (Wildman–Crippen LogP) is 4.14. The molecule has 0 amide bonds.